The molecule has 0 amide bonds. The maximum absolute atomic E-state index is 10.8. The fourth-order valence-electron chi connectivity index (χ4n) is 3.13. The summed E-state index contributed by atoms with van der Waals surface area (Å²) in [5.74, 6) is 0. The number of aliphatic hydroxyl groups is 1. The highest BCUT2D eigenvalue weighted by Gasteiger charge is 2.31. The Balaban J connectivity index is 1.90. The van der Waals surface area contributed by atoms with Crippen LogP contribution in [0, 0.1) is 5.41 Å². The number of rotatable bonds is 6. The summed E-state index contributed by atoms with van der Waals surface area (Å²) in [6, 6.07) is 9.83. The third-order valence-corrected chi connectivity index (χ3v) is 5.41. The minimum Gasteiger partial charge on any atom is -0.384 e. The fourth-order valence-corrected chi connectivity index (χ4v) is 3.13. The Morgan fingerprint density at radius 1 is 1.24 bits per heavy atom. The summed E-state index contributed by atoms with van der Waals surface area (Å²) in [5, 5.41) is 10.8. The second-order valence-corrected chi connectivity index (χ2v) is 6.86. The van der Waals surface area contributed by atoms with Crippen LogP contribution in [0.25, 0.3) is 0 Å². The van der Waals surface area contributed by atoms with Crippen molar-refractivity contribution in [3.05, 3.63) is 35.9 Å². The van der Waals surface area contributed by atoms with Crippen molar-refractivity contribution in [3.8, 4) is 0 Å². The van der Waals surface area contributed by atoms with Gasteiger partial charge in [0, 0.05) is 13.1 Å². The number of hydrogen-bond donors (Lipinski definition) is 2. The van der Waals surface area contributed by atoms with Crippen LogP contribution in [0.3, 0.4) is 0 Å². The molecule has 0 aliphatic carbocycles. The molecule has 0 aromatic heterocycles. The lowest BCUT2D eigenvalue weighted by atomic mass is 9.78. The fraction of sp³-hybridized carbons (Fsp3) is 0.667. The molecule has 1 saturated heterocycles. The number of nitrogens with two attached hydrogens (primary N) is 1. The summed E-state index contributed by atoms with van der Waals surface area (Å²) < 4.78 is 0. The van der Waals surface area contributed by atoms with Gasteiger partial charge in [0.2, 0.25) is 0 Å². The van der Waals surface area contributed by atoms with Gasteiger partial charge in [-0.25, -0.2) is 0 Å². The second kappa shape index (κ2) is 6.91. The minimum atomic E-state index is -0.896. The van der Waals surface area contributed by atoms with E-state index in [0.29, 0.717) is 11.8 Å². The van der Waals surface area contributed by atoms with E-state index in [2.05, 4.69) is 18.7 Å². The lowest BCUT2D eigenvalue weighted by Gasteiger charge is -2.40. The molecule has 118 valence electrons. The molecule has 0 radical (unpaired) electrons. The molecule has 3 heteroatoms. The molecular formula is C18H30N2O. The zero-order chi connectivity index (χ0) is 15.3. The zero-order valence-corrected chi connectivity index (χ0v) is 13.5. The van der Waals surface area contributed by atoms with Crippen LogP contribution in [0.5, 0.6) is 0 Å². The predicted molar refractivity (Wildman–Crippen MR) is 88.1 cm³/mol. The van der Waals surface area contributed by atoms with Crippen LogP contribution in [0.1, 0.15) is 45.1 Å². The topological polar surface area (TPSA) is 49.5 Å². The SMILES string of the molecule is CCC1(C)CCN(CCC(O)(CN)c2ccccc2)CC1. The molecule has 0 bridgehead atoms. The molecule has 1 unspecified atom stereocenters. The number of hydrogen-bond acceptors (Lipinski definition) is 3. The molecule has 1 aromatic rings. The molecule has 1 aliphatic heterocycles. The van der Waals surface area contributed by atoms with Crippen LogP contribution in [-0.2, 0) is 5.60 Å². The highest BCUT2D eigenvalue weighted by Crippen LogP contribution is 2.34. The van der Waals surface area contributed by atoms with Gasteiger partial charge in [-0.05, 0) is 43.3 Å². The second-order valence-electron chi connectivity index (χ2n) is 6.86. The van der Waals surface area contributed by atoms with Crippen molar-refractivity contribution < 1.29 is 5.11 Å². The van der Waals surface area contributed by atoms with E-state index in [4.69, 9.17) is 5.73 Å². The van der Waals surface area contributed by atoms with Crippen molar-refractivity contribution >= 4 is 0 Å². The van der Waals surface area contributed by atoms with E-state index in [9.17, 15) is 5.11 Å². The molecule has 3 nitrogen and oxygen atoms in total. The molecule has 21 heavy (non-hydrogen) atoms. The van der Waals surface area contributed by atoms with Gasteiger partial charge in [-0.15, -0.1) is 0 Å². The average molecular weight is 290 g/mol. The van der Waals surface area contributed by atoms with Crippen molar-refractivity contribution in [2.75, 3.05) is 26.2 Å². The van der Waals surface area contributed by atoms with Gasteiger partial charge in [0.15, 0.2) is 0 Å². The van der Waals surface area contributed by atoms with Gasteiger partial charge in [0.05, 0.1) is 0 Å². The molecule has 0 saturated carbocycles. The summed E-state index contributed by atoms with van der Waals surface area (Å²) >= 11 is 0. The van der Waals surface area contributed by atoms with Crippen molar-refractivity contribution in [2.24, 2.45) is 11.1 Å². The molecule has 1 fully saturated rings. The van der Waals surface area contributed by atoms with Crippen LogP contribution < -0.4 is 5.73 Å². The standard InChI is InChI=1S/C18H30N2O/c1-3-17(2)9-12-20(13-10-17)14-11-18(21,15-19)16-7-5-4-6-8-16/h4-8,21H,3,9-15,19H2,1-2H3. The average Bonchev–Trinajstić information content (AvgIpc) is 2.55. The van der Waals surface area contributed by atoms with Crippen LogP contribution >= 0.6 is 0 Å². The third kappa shape index (κ3) is 4.06. The first-order valence-corrected chi connectivity index (χ1v) is 8.22. The van der Waals surface area contributed by atoms with Gasteiger partial charge in [-0.3, -0.25) is 0 Å². The summed E-state index contributed by atoms with van der Waals surface area (Å²) in [4.78, 5) is 2.47. The normalized spacial score (nSPS) is 21.9. The van der Waals surface area contributed by atoms with Crippen molar-refractivity contribution in [1.29, 1.82) is 0 Å². The zero-order valence-electron chi connectivity index (χ0n) is 13.5. The summed E-state index contributed by atoms with van der Waals surface area (Å²) in [6.07, 6.45) is 4.49. The van der Waals surface area contributed by atoms with Crippen molar-refractivity contribution in [3.63, 3.8) is 0 Å². The summed E-state index contributed by atoms with van der Waals surface area (Å²) in [5.41, 5.74) is 6.40. The highest BCUT2D eigenvalue weighted by molar-refractivity contribution is 5.22. The first-order chi connectivity index (χ1) is 10.0. The maximum Gasteiger partial charge on any atom is 0.103 e. The molecular weight excluding hydrogens is 260 g/mol. The van der Waals surface area contributed by atoms with Gasteiger partial charge >= 0.3 is 0 Å². The first-order valence-electron chi connectivity index (χ1n) is 8.22. The van der Waals surface area contributed by atoms with Gasteiger partial charge in [-0.2, -0.15) is 0 Å². The Morgan fingerprint density at radius 2 is 1.86 bits per heavy atom. The molecule has 0 spiro atoms. The molecule has 1 heterocycles. The Hall–Kier alpha value is -0.900. The van der Waals surface area contributed by atoms with Crippen molar-refractivity contribution in [1.82, 2.24) is 4.90 Å². The van der Waals surface area contributed by atoms with Crippen molar-refractivity contribution in [2.45, 2.75) is 45.1 Å². The van der Waals surface area contributed by atoms with E-state index in [1.807, 2.05) is 30.3 Å². The quantitative estimate of drug-likeness (QED) is 0.847. The minimum absolute atomic E-state index is 0.275. The van der Waals surface area contributed by atoms with Gasteiger partial charge in [-0.1, -0.05) is 50.6 Å². The first kappa shape index (κ1) is 16.5. The summed E-state index contributed by atoms with van der Waals surface area (Å²) in [6.45, 7) is 8.16. The van der Waals surface area contributed by atoms with Gasteiger partial charge < -0.3 is 15.7 Å². The molecule has 1 aromatic carbocycles. The molecule has 1 atom stereocenters. The monoisotopic (exact) mass is 290 g/mol. The summed E-state index contributed by atoms with van der Waals surface area (Å²) in [7, 11) is 0. The van der Waals surface area contributed by atoms with E-state index >= 15 is 0 Å². The van der Waals surface area contributed by atoms with E-state index in [0.717, 1.165) is 25.2 Å². The molecule has 2 rings (SSSR count). The van der Waals surface area contributed by atoms with Crippen LogP contribution in [0.2, 0.25) is 0 Å². The van der Waals surface area contributed by atoms with E-state index in [1.54, 1.807) is 0 Å². The molecule has 3 N–H and O–H groups in total. The Bertz CT molecular complexity index is 426. The van der Waals surface area contributed by atoms with Crippen LogP contribution in [0.4, 0.5) is 0 Å². The Kier molecular flexibility index (Phi) is 5.42. The maximum atomic E-state index is 10.8. The third-order valence-electron chi connectivity index (χ3n) is 5.41. The van der Waals surface area contributed by atoms with E-state index < -0.39 is 5.60 Å². The number of piperidine rings is 1. The van der Waals surface area contributed by atoms with Gasteiger partial charge in [0.25, 0.3) is 0 Å². The number of benzene rings is 1. The van der Waals surface area contributed by atoms with Crippen LogP contribution in [-0.4, -0.2) is 36.2 Å². The Labute approximate surface area is 129 Å². The predicted octanol–water partition coefficient (Wildman–Crippen LogP) is 2.74. The molecule has 1 aliphatic rings. The lowest BCUT2D eigenvalue weighted by Crippen LogP contribution is -2.43. The number of likely N-dealkylation sites (tertiary alicyclic amines) is 1. The van der Waals surface area contributed by atoms with E-state index in [1.165, 1.54) is 19.3 Å². The lowest BCUT2D eigenvalue weighted by molar-refractivity contribution is 0.0173. The Morgan fingerprint density at radius 3 is 2.38 bits per heavy atom. The largest absolute Gasteiger partial charge is 0.384 e. The van der Waals surface area contributed by atoms with E-state index in [-0.39, 0.29) is 6.54 Å². The van der Waals surface area contributed by atoms with Gasteiger partial charge in [0.1, 0.15) is 5.60 Å². The smallest absolute Gasteiger partial charge is 0.103 e. The number of nitrogens with zero attached hydrogens (tertiary/aromatic N) is 1. The van der Waals surface area contributed by atoms with Crippen LogP contribution in [0.15, 0.2) is 30.3 Å². The highest BCUT2D eigenvalue weighted by atomic mass is 16.3.